The molecule has 0 aliphatic carbocycles. The van der Waals surface area contributed by atoms with Gasteiger partial charge in [0.2, 0.25) is 11.8 Å². The molecule has 3 N–H and O–H groups in total. The average Bonchev–Trinajstić information content (AvgIpc) is 3.09. The van der Waals surface area contributed by atoms with Crippen LogP contribution in [0.4, 0.5) is 4.79 Å². The van der Waals surface area contributed by atoms with E-state index in [4.69, 9.17) is 10.5 Å². The monoisotopic (exact) mass is 396 g/mol. The number of hydrogen-bond acceptors (Lipinski definition) is 5. The number of amides is 3. The van der Waals surface area contributed by atoms with Crippen molar-refractivity contribution in [3.8, 4) is 0 Å². The third-order valence-corrected chi connectivity index (χ3v) is 5.45. The number of carbonyl (C=O) groups excluding carboxylic acids is 3. The van der Waals surface area contributed by atoms with E-state index >= 15 is 0 Å². The number of piperidine rings is 1. The van der Waals surface area contributed by atoms with Gasteiger partial charge in [0.25, 0.3) is 0 Å². The van der Waals surface area contributed by atoms with E-state index in [0.717, 1.165) is 32.4 Å². The third-order valence-electron chi connectivity index (χ3n) is 5.45. The summed E-state index contributed by atoms with van der Waals surface area (Å²) in [5.74, 6) is -0.129. The highest BCUT2D eigenvalue weighted by Crippen LogP contribution is 2.22. The molecule has 2 aliphatic rings. The van der Waals surface area contributed by atoms with E-state index in [1.54, 1.807) is 0 Å². The number of primary amides is 1. The van der Waals surface area contributed by atoms with Gasteiger partial charge >= 0.3 is 6.09 Å². The molecule has 0 aromatic rings. The molecular weight excluding hydrogens is 360 g/mol. The lowest BCUT2D eigenvalue weighted by molar-refractivity contribution is -0.126. The molecule has 0 aromatic carbocycles. The minimum atomic E-state index is -0.581. The van der Waals surface area contributed by atoms with Gasteiger partial charge in [-0.2, -0.15) is 0 Å². The van der Waals surface area contributed by atoms with Crippen LogP contribution >= 0.6 is 0 Å². The Morgan fingerprint density at radius 1 is 1.18 bits per heavy atom. The van der Waals surface area contributed by atoms with Crippen molar-refractivity contribution in [3.63, 3.8) is 0 Å². The summed E-state index contributed by atoms with van der Waals surface area (Å²) in [7, 11) is 0. The largest absolute Gasteiger partial charge is 0.444 e. The molecule has 28 heavy (non-hydrogen) atoms. The van der Waals surface area contributed by atoms with E-state index in [2.05, 4.69) is 10.2 Å². The van der Waals surface area contributed by atoms with Crippen LogP contribution in [0.15, 0.2) is 0 Å². The van der Waals surface area contributed by atoms with Crippen LogP contribution in [0.5, 0.6) is 0 Å². The number of nitrogens with zero attached hydrogens (tertiary/aromatic N) is 2. The lowest BCUT2D eigenvalue weighted by Crippen LogP contribution is -2.52. The maximum absolute atomic E-state index is 12.7. The van der Waals surface area contributed by atoms with Crippen LogP contribution in [0.3, 0.4) is 0 Å². The summed E-state index contributed by atoms with van der Waals surface area (Å²) in [6, 6.07) is -0.709. The molecule has 0 saturated carbocycles. The van der Waals surface area contributed by atoms with Crippen LogP contribution < -0.4 is 11.1 Å². The number of nitrogens with two attached hydrogens (primary N) is 1. The van der Waals surface area contributed by atoms with Crippen LogP contribution in [0.25, 0.3) is 0 Å². The van der Waals surface area contributed by atoms with Gasteiger partial charge in [-0.05, 0) is 65.3 Å². The van der Waals surface area contributed by atoms with Gasteiger partial charge in [0.05, 0.1) is 6.04 Å². The maximum atomic E-state index is 12.7. The summed E-state index contributed by atoms with van der Waals surface area (Å²) in [5, 5.41) is 3.02. The number of hydrogen-bond donors (Lipinski definition) is 2. The fraction of sp³-hybridized carbons (Fsp3) is 0.850. The number of rotatable bonds is 6. The summed E-state index contributed by atoms with van der Waals surface area (Å²) < 4.78 is 5.43. The molecule has 2 aliphatic heterocycles. The number of nitrogens with one attached hydrogen (secondary N) is 1. The molecule has 2 saturated heterocycles. The third kappa shape index (κ3) is 6.09. The molecule has 8 heteroatoms. The maximum Gasteiger partial charge on any atom is 0.410 e. The quantitative estimate of drug-likeness (QED) is 0.707. The predicted octanol–water partition coefficient (Wildman–Crippen LogP) is 1.48. The summed E-state index contributed by atoms with van der Waals surface area (Å²) in [6.45, 7) is 10.1. The van der Waals surface area contributed by atoms with Gasteiger partial charge in [-0.3, -0.25) is 19.4 Å². The number of ether oxygens (including phenoxy) is 1. The van der Waals surface area contributed by atoms with Crippen LogP contribution in [0.2, 0.25) is 0 Å². The van der Waals surface area contributed by atoms with Gasteiger partial charge in [0.15, 0.2) is 0 Å². The Kier molecular flexibility index (Phi) is 7.69. The highest BCUT2D eigenvalue weighted by atomic mass is 16.6. The molecule has 3 amide bonds. The highest BCUT2D eigenvalue weighted by Gasteiger charge is 2.37. The first kappa shape index (κ1) is 22.5. The van der Waals surface area contributed by atoms with Gasteiger partial charge in [0, 0.05) is 19.6 Å². The van der Waals surface area contributed by atoms with Gasteiger partial charge in [0.1, 0.15) is 11.6 Å². The SMILES string of the molecule is CC[C@H](C(N)=O)N1CCC[C@H](CNC(=O)[C@H]2CCCN2C(=O)OC(C)(C)C)C1. The van der Waals surface area contributed by atoms with Crippen molar-refractivity contribution in [2.45, 2.75) is 77.5 Å². The number of likely N-dealkylation sites (tertiary alicyclic amines) is 2. The first-order chi connectivity index (χ1) is 13.1. The van der Waals surface area contributed by atoms with Crippen molar-refractivity contribution >= 4 is 17.9 Å². The lowest BCUT2D eigenvalue weighted by atomic mass is 9.95. The summed E-state index contributed by atoms with van der Waals surface area (Å²) in [4.78, 5) is 40.4. The van der Waals surface area contributed by atoms with Crippen molar-refractivity contribution in [1.82, 2.24) is 15.1 Å². The standard InChI is InChI=1S/C20H36N4O4/c1-5-15(17(21)25)23-10-6-8-14(13-23)12-22-18(26)16-9-7-11-24(16)19(27)28-20(2,3)4/h14-16H,5-13H2,1-4H3,(H2,21,25)(H,22,26)/t14-,15-,16-/m1/s1. The number of carbonyl (C=O) groups is 3. The normalized spacial score (nSPS) is 24.6. The molecule has 0 spiro atoms. The topological polar surface area (TPSA) is 105 Å². The smallest absolute Gasteiger partial charge is 0.410 e. The van der Waals surface area contributed by atoms with Crippen molar-refractivity contribution in [2.24, 2.45) is 11.7 Å². The second-order valence-corrected chi connectivity index (χ2v) is 8.91. The molecule has 160 valence electrons. The minimum Gasteiger partial charge on any atom is -0.444 e. The molecule has 0 radical (unpaired) electrons. The molecule has 2 heterocycles. The zero-order valence-corrected chi connectivity index (χ0v) is 17.7. The zero-order chi connectivity index (χ0) is 20.9. The first-order valence-electron chi connectivity index (χ1n) is 10.4. The predicted molar refractivity (Wildman–Crippen MR) is 107 cm³/mol. The van der Waals surface area contributed by atoms with Gasteiger partial charge in [-0.25, -0.2) is 4.79 Å². The fourth-order valence-electron chi connectivity index (χ4n) is 4.13. The van der Waals surface area contributed by atoms with E-state index < -0.39 is 17.7 Å². The molecule has 0 aromatic heterocycles. The Morgan fingerprint density at radius 3 is 2.46 bits per heavy atom. The van der Waals surface area contributed by atoms with Crippen molar-refractivity contribution in [3.05, 3.63) is 0 Å². The van der Waals surface area contributed by atoms with Crippen LogP contribution in [-0.2, 0) is 14.3 Å². The second-order valence-electron chi connectivity index (χ2n) is 8.91. The van der Waals surface area contributed by atoms with E-state index in [0.29, 0.717) is 25.9 Å². The molecular formula is C20H36N4O4. The zero-order valence-electron chi connectivity index (χ0n) is 17.7. The van der Waals surface area contributed by atoms with Crippen LogP contribution in [-0.4, -0.2) is 71.6 Å². The van der Waals surface area contributed by atoms with Crippen LogP contribution in [0.1, 0.15) is 59.8 Å². The Labute approximate surface area is 168 Å². The van der Waals surface area contributed by atoms with Gasteiger partial charge in [-0.1, -0.05) is 6.92 Å². The Balaban J connectivity index is 1.87. The summed E-state index contributed by atoms with van der Waals surface area (Å²) in [6.07, 6.45) is 3.71. The molecule has 0 unspecified atom stereocenters. The summed E-state index contributed by atoms with van der Waals surface area (Å²) in [5.41, 5.74) is 4.94. The second kappa shape index (κ2) is 9.58. The first-order valence-corrected chi connectivity index (χ1v) is 10.4. The molecule has 0 bridgehead atoms. The average molecular weight is 397 g/mol. The van der Waals surface area contributed by atoms with Crippen molar-refractivity contribution in [1.29, 1.82) is 0 Å². The Bertz CT molecular complexity index is 575. The molecule has 3 atom stereocenters. The van der Waals surface area contributed by atoms with E-state index in [9.17, 15) is 14.4 Å². The van der Waals surface area contributed by atoms with E-state index in [-0.39, 0.29) is 23.8 Å². The highest BCUT2D eigenvalue weighted by molar-refractivity contribution is 5.86. The Hall–Kier alpha value is -1.83. The van der Waals surface area contributed by atoms with Gasteiger partial charge < -0.3 is 15.8 Å². The molecule has 2 fully saturated rings. The van der Waals surface area contributed by atoms with Crippen LogP contribution in [0, 0.1) is 5.92 Å². The van der Waals surface area contributed by atoms with Gasteiger partial charge in [-0.15, -0.1) is 0 Å². The minimum absolute atomic E-state index is 0.123. The summed E-state index contributed by atoms with van der Waals surface area (Å²) >= 11 is 0. The lowest BCUT2D eigenvalue weighted by Gasteiger charge is -2.37. The van der Waals surface area contributed by atoms with E-state index in [1.807, 2.05) is 27.7 Å². The Morgan fingerprint density at radius 2 is 1.86 bits per heavy atom. The molecule has 8 nitrogen and oxygen atoms in total. The fourth-order valence-corrected chi connectivity index (χ4v) is 4.13. The van der Waals surface area contributed by atoms with Crippen molar-refractivity contribution < 1.29 is 19.1 Å². The van der Waals surface area contributed by atoms with Crippen molar-refractivity contribution in [2.75, 3.05) is 26.2 Å². The molecule has 2 rings (SSSR count). The van der Waals surface area contributed by atoms with E-state index in [1.165, 1.54) is 4.90 Å².